The quantitative estimate of drug-likeness (QED) is 0.449. The smallest absolute Gasteiger partial charge is 0.244 e. The monoisotopic (exact) mass is 511 g/mol. The van der Waals surface area contributed by atoms with Gasteiger partial charge in [0, 0.05) is 31.1 Å². The van der Waals surface area contributed by atoms with Crippen LogP contribution >= 0.6 is 35.3 Å². The molecule has 2 atom stereocenters. The Morgan fingerprint density at radius 3 is 2.38 bits per heavy atom. The first-order valence-corrected chi connectivity index (χ1v) is 13.0. The molecule has 0 bridgehead atoms. The van der Waals surface area contributed by atoms with Gasteiger partial charge in [-0.1, -0.05) is 49.7 Å². The Morgan fingerprint density at radius 2 is 1.72 bits per heavy atom. The summed E-state index contributed by atoms with van der Waals surface area (Å²) < 4.78 is 30.4. The van der Waals surface area contributed by atoms with Crippen molar-refractivity contribution in [2.45, 2.75) is 25.2 Å². The molecular weight excluding hydrogens is 485 g/mol. The molecule has 0 N–H and O–H groups in total. The third-order valence-electron chi connectivity index (χ3n) is 5.59. The highest BCUT2D eigenvalue weighted by Gasteiger charge is 2.33. The van der Waals surface area contributed by atoms with Crippen LogP contribution in [0.4, 0.5) is 5.69 Å². The summed E-state index contributed by atoms with van der Waals surface area (Å²) >= 11 is 7.90. The van der Waals surface area contributed by atoms with Crippen molar-refractivity contribution in [1.82, 2.24) is 8.87 Å². The van der Waals surface area contributed by atoms with Crippen molar-refractivity contribution in [3.05, 3.63) is 63.7 Å². The normalized spacial score (nSPS) is 20.2. The van der Waals surface area contributed by atoms with E-state index < -0.39 is 10.0 Å². The van der Waals surface area contributed by atoms with Crippen molar-refractivity contribution in [3.8, 4) is 11.3 Å². The van der Waals surface area contributed by atoms with Crippen molar-refractivity contribution in [3.63, 3.8) is 0 Å². The Hall–Kier alpha value is -1.64. The molecule has 2 unspecified atom stereocenters. The Balaban J connectivity index is 0.00000289. The molecule has 0 spiro atoms. The third kappa shape index (κ3) is 5.13. The summed E-state index contributed by atoms with van der Waals surface area (Å²) in [7, 11) is -1.74. The molecule has 1 aliphatic rings. The molecule has 0 radical (unpaired) electrons. The summed E-state index contributed by atoms with van der Waals surface area (Å²) in [5, 5.41) is 2.24. The van der Waals surface area contributed by atoms with Crippen LogP contribution in [0.25, 0.3) is 11.3 Å². The maximum atomic E-state index is 13.4. The minimum Gasteiger partial charge on any atom is -0.320 e. The van der Waals surface area contributed by atoms with Gasteiger partial charge in [-0.25, -0.2) is 13.4 Å². The summed E-state index contributed by atoms with van der Waals surface area (Å²) in [4.78, 5) is 5.69. The lowest BCUT2D eigenvalue weighted by Crippen LogP contribution is -2.42. The maximum absolute atomic E-state index is 13.4. The number of benzene rings is 2. The number of rotatable bonds is 4. The molecule has 1 fully saturated rings. The van der Waals surface area contributed by atoms with Gasteiger partial charge in [0.1, 0.15) is 4.90 Å². The molecule has 9 heteroatoms. The number of nitrogens with zero attached hydrogens (tertiary/aromatic N) is 3. The zero-order valence-corrected chi connectivity index (χ0v) is 21.4. The Kier molecular flexibility index (Phi) is 7.89. The second kappa shape index (κ2) is 10.1. The van der Waals surface area contributed by atoms with Gasteiger partial charge < -0.3 is 4.57 Å². The molecule has 5 nitrogen and oxygen atoms in total. The first kappa shape index (κ1) is 25.0. The summed E-state index contributed by atoms with van der Waals surface area (Å²) in [6.07, 6.45) is 1.04. The first-order valence-electron chi connectivity index (χ1n) is 10.3. The third-order valence-corrected chi connectivity index (χ3v) is 8.82. The minimum absolute atomic E-state index is 0. The van der Waals surface area contributed by atoms with E-state index in [0.29, 0.717) is 24.9 Å². The molecule has 0 aliphatic carbocycles. The Bertz CT molecular complexity index is 1240. The molecule has 4 rings (SSSR count). The molecule has 3 aromatic rings. The number of piperidine rings is 1. The van der Waals surface area contributed by atoms with E-state index in [1.807, 2.05) is 53.4 Å². The molecule has 172 valence electrons. The molecule has 0 amide bonds. The average molecular weight is 513 g/mol. The van der Waals surface area contributed by atoms with Crippen LogP contribution in [0, 0.1) is 11.8 Å². The highest BCUT2D eigenvalue weighted by Crippen LogP contribution is 2.33. The van der Waals surface area contributed by atoms with Crippen LogP contribution in [-0.2, 0) is 17.1 Å². The van der Waals surface area contributed by atoms with Crippen LogP contribution < -0.4 is 4.80 Å². The average Bonchev–Trinajstić information content (AvgIpc) is 3.08. The molecule has 1 aliphatic heterocycles. The van der Waals surface area contributed by atoms with E-state index >= 15 is 0 Å². The zero-order chi connectivity index (χ0) is 22.2. The fourth-order valence-electron chi connectivity index (χ4n) is 4.15. The molecule has 2 heterocycles. The molecule has 2 aromatic carbocycles. The molecule has 32 heavy (non-hydrogen) atoms. The number of hydrogen-bond donors (Lipinski definition) is 0. The number of aromatic nitrogens is 1. The lowest BCUT2D eigenvalue weighted by Gasteiger charge is -2.34. The number of sulfonamides is 1. The van der Waals surface area contributed by atoms with Crippen LogP contribution in [0.2, 0.25) is 5.02 Å². The van der Waals surface area contributed by atoms with Crippen molar-refractivity contribution >= 4 is 51.1 Å². The molecular formula is C23H27Cl2N3O2S2. The van der Waals surface area contributed by atoms with E-state index in [2.05, 4.69) is 13.8 Å². The fraction of sp³-hybridized carbons (Fsp3) is 0.348. The number of halogens is 2. The van der Waals surface area contributed by atoms with Crippen LogP contribution in [0.1, 0.15) is 20.3 Å². The van der Waals surface area contributed by atoms with Gasteiger partial charge in [-0.05, 0) is 42.5 Å². The van der Waals surface area contributed by atoms with Crippen LogP contribution in [0.5, 0.6) is 0 Å². The highest BCUT2D eigenvalue weighted by atomic mass is 35.5. The highest BCUT2D eigenvalue weighted by molar-refractivity contribution is 7.89. The van der Waals surface area contributed by atoms with Crippen LogP contribution in [0.3, 0.4) is 0 Å². The number of thiazole rings is 1. The van der Waals surface area contributed by atoms with Crippen molar-refractivity contribution in [2.75, 3.05) is 13.1 Å². The lowest BCUT2D eigenvalue weighted by atomic mass is 9.94. The summed E-state index contributed by atoms with van der Waals surface area (Å²) in [5.74, 6) is 0.662. The summed E-state index contributed by atoms with van der Waals surface area (Å²) in [6, 6.07) is 15.0. The SMILES string of the molecule is CC1CC(C)CN(S(=O)(=O)c2cc(-c3csc(=Nc4ccccc4)n3C)ccc2Cl)C1.Cl. The van der Waals surface area contributed by atoms with Gasteiger partial charge >= 0.3 is 0 Å². The van der Waals surface area contributed by atoms with E-state index in [0.717, 1.165) is 28.2 Å². The lowest BCUT2D eigenvalue weighted by molar-refractivity contribution is 0.222. The van der Waals surface area contributed by atoms with E-state index in [-0.39, 0.29) is 22.3 Å². The largest absolute Gasteiger partial charge is 0.320 e. The minimum atomic E-state index is -3.67. The number of para-hydroxylation sites is 1. The van der Waals surface area contributed by atoms with Gasteiger partial charge in [-0.2, -0.15) is 4.31 Å². The maximum Gasteiger partial charge on any atom is 0.244 e. The zero-order valence-electron chi connectivity index (χ0n) is 18.2. The molecule has 0 saturated carbocycles. The van der Waals surface area contributed by atoms with Gasteiger partial charge in [0.2, 0.25) is 10.0 Å². The van der Waals surface area contributed by atoms with Crippen molar-refractivity contribution in [2.24, 2.45) is 23.9 Å². The van der Waals surface area contributed by atoms with Gasteiger partial charge in [0.05, 0.1) is 16.4 Å². The van der Waals surface area contributed by atoms with Crippen LogP contribution in [-0.4, -0.2) is 30.4 Å². The summed E-state index contributed by atoms with van der Waals surface area (Å²) in [5.41, 5.74) is 2.57. The standard InChI is InChI=1S/C23H26ClN3O2S2.ClH/c1-16-11-17(2)14-27(13-16)31(28,29)22-12-18(9-10-20(22)24)21-15-30-23(26(21)3)25-19-7-5-4-6-8-19;/h4-10,12,15-17H,11,13-14H2,1-3H3;1H. The van der Waals surface area contributed by atoms with Gasteiger partial charge in [-0.3, -0.25) is 0 Å². The predicted octanol–water partition coefficient (Wildman–Crippen LogP) is 5.73. The second-order valence-corrected chi connectivity index (χ2v) is 11.5. The fourth-order valence-corrected chi connectivity index (χ4v) is 7.25. The van der Waals surface area contributed by atoms with Gasteiger partial charge in [-0.15, -0.1) is 23.7 Å². The van der Waals surface area contributed by atoms with E-state index in [1.165, 1.54) is 11.3 Å². The Labute approximate surface area is 204 Å². The topological polar surface area (TPSA) is 54.7 Å². The second-order valence-electron chi connectivity index (χ2n) is 8.32. The van der Waals surface area contributed by atoms with E-state index in [9.17, 15) is 8.42 Å². The first-order chi connectivity index (χ1) is 14.8. The van der Waals surface area contributed by atoms with Crippen LogP contribution in [0.15, 0.2) is 63.8 Å². The van der Waals surface area contributed by atoms with Gasteiger partial charge in [0.25, 0.3) is 0 Å². The van der Waals surface area contributed by atoms with Gasteiger partial charge in [0.15, 0.2) is 4.80 Å². The predicted molar refractivity (Wildman–Crippen MR) is 134 cm³/mol. The summed E-state index contributed by atoms with van der Waals surface area (Å²) in [6.45, 7) is 5.25. The molecule has 1 saturated heterocycles. The van der Waals surface area contributed by atoms with Crippen molar-refractivity contribution < 1.29 is 8.42 Å². The van der Waals surface area contributed by atoms with E-state index in [1.54, 1.807) is 16.4 Å². The van der Waals surface area contributed by atoms with E-state index in [4.69, 9.17) is 16.6 Å². The molecule has 1 aromatic heterocycles. The Morgan fingerprint density at radius 1 is 1.06 bits per heavy atom. The number of hydrogen-bond acceptors (Lipinski definition) is 4. The van der Waals surface area contributed by atoms with Crippen molar-refractivity contribution in [1.29, 1.82) is 0 Å².